The lowest BCUT2D eigenvalue weighted by Crippen LogP contribution is -2.29. The summed E-state index contributed by atoms with van der Waals surface area (Å²) >= 11 is 0. The molecule has 0 aromatic carbocycles. The van der Waals surface area contributed by atoms with Crippen molar-refractivity contribution in [3.05, 3.63) is 12.2 Å². The van der Waals surface area contributed by atoms with Crippen LogP contribution in [0.15, 0.2) is 12.2 Å². The fourth-order valence-electron chi connectivity index (χ4n) is 0.566. The molecule has 0 saturated heterocycles. The number of carboxylic acids is 1. The van der Waals surface area contributed by atoms with E-state index < -0.39 is 12.0 Å². The fraction of sp³-hybridized carbons (Fsp3) is 0.571. The minimum atomic E-state index is -0.926. The van der Waals surface area contributed by atoms with Crippen molar-refractivity contribution in [2.24, 2.45) is 5.73 Å². The molecule has 0 aliphatic carbocycles. The van der Waals surface area contributed by atoms with Gasteiger partial charge in [0.05, 0.1) is 0 Å². The first kappa shape index (κ1) is 9.17. The summed E-state index contributed by atoms with van der Waals surface area (Å²) in [5.41, 5.74) is 5.22. The average Bonchev–Trinajstić information content (AvgIpc) is 1.88. The van der Waals surface area contributed by atoms with E-state index >= 15 is 0 Å². The molecule has 1 unspecified atom stereocenters. The third-order valence-electron chi connectivity index (χ3n) is 1.20. The van der Waals surface area contributed by atoms with Gasteiger partial charge in [-0.25, -0.2) is 0 Å². The molecule has 0 bridgehead atoms. The quantitative estimate of drug-likeness (QED) is 0.571. The first-order valence-corrected chi connectivity index (χ1v) is 3.28. The highest BCUT2D eigenvalue weighted by Crippen LogP contribution is 1.95. The Morgan fingerprint density at radius 3 is 2.80 bits per heavy atom. The summed E-state index contributed by atoms with van der Waals surface area (Å²) in [6, 6.07) is -0.712. The van der Waals surface area contributed by atoms with Crippen LogP contribution in [0.1, 0.15) is 19.8 Å². The highest BCUT2D eigenvalue weighted by molar-refractivity contribution is 5.72. The molecule has 10 heavy (non-hydrogen) atoms. The van der Waals surface area contributed by atoms with E-state index in [2.05, 4.69) is 0 Å². The number of allylic oxidation sites excluding steroid dienone is 2. The summed E-state index contributed by atoms with van der Waals surface area (Å²) in [6.45, 7) is 1.90. The van der Waals surface area contributed by atoms with Crippen LogP contribution < -0.4 is 5.73 Å². The van der Waals surface area contributed by atoms with Crippen molar-refractivity contribution in [2.75, 3.05) is 0 Å². The van der Waals surface area contributed by atoms with E-state index in [0.717, 1.165) is 6.42 Å². The minimum absolute atomic E-state index is 0.514. The Kier molecular flexibility index (Phi) is 4.58. The predicted octanol–water partition coefficient (Wildman–Crippen LogP) is 0.755. The van der Waals surface area contributed by atoms with Gasteiger partial charge in [0, 0.05) is 0 Å². The molecule has 0 aromatic heterocycles. The Morgan fingerprint density at radius 2 is 2.40 bits per heavy atom. The monoisotopic (exact) mass is 143 g/mol. The van der Waals surface area contributed by atoms with E-state index in [0.29, 0.717) is 6.42 Å². The Bertz CT molecular complexity index is 132. The van der Waals surface area contributed by atoms with Crippen LogP contribution in [0.25, 0.3) is 0 Å². The molecule has 1 atom stereocenters. The molecule has 0 aliphatic heterocycles. The zero-order valence-electron chi connectivity index (χ0n) is 6.08. The van der Waals surface area contributed by atoms with Gasteiger partial charge in [0.1, 0.15) is 6.04 Å². The summed E-state index contributed by atoms with van der Waals surface area (Å²) in [7, 11) is 0. The third-order valence-corrected chi connectivity index (χ3v) is 1.20. The van der Waals surface area contributed by atoms with Gasteiger partial charge in [0.2, 0.25) is 0 Å². The molecule has 0 heterocycles. The standard InChI is InChI=1S/C7H13NO2/c1-2-3-4-5-6(8)7(9)10/h2-3,6H,4-5,8H2,1H3,(H,9,10). The molecular formula is C7H13NO2. The molecule has 3 heteroatoms. The molecule has 0 radical (unpaired) electrons. The molecule has 0 amide bonds. The largest absolute Gasteiger partial charge is 0.480 e. The van der Waals surface area contributed by atoms with E-state index in [1.165, 1.54) is 0 Å². The highest BCUT2D eigenvalue weighted by Gasteiger charge is 2.08. The van der Waals surface area contributed by atoms with Crippen LogP contribution >= 0.6 is 0 Å². The Labute approximate surface area is 60.5 Å². The van der Waals surface area contributed by atoms with Crippen LogP contribution in [0.4, 0.5) is 0 Å². The number of nitrogens with two attached hydrogens (primary N) is 1. The maximum Gasteiger partial charge on any atom is 0.320 e. The van der Waals surface area contributed by atoms with Crippen LogP contribution in [0.5, 0.6) is 0 Å². The number of carboxylic acid groups (broad SMARTS) is 1. The van der Waals surface area contributed by atoms with Crippen molar-refractivity contribution in [2.45, 2.75) is 25.8 Å². The van der Waals surface area contributed by atoms with Crippen molar-refractivity contribution in [3.8, 4) is 0 Å². The summed E-state index contributed by atoms with van der Waals surface area (Å²) in [5.74, 6) is -0.926. The first-order valence-electron chi connectivity index (χ1n) is 3.28. The lowest BCUT2D eigenvalue weighted by atomic mass is 10.2. The van der Waals surface area contributed by atoms with E-state index in [4.69, 9.17) is 10.8 Å². The molecular weight excluding hydrogens is 130 g/mol. The van der Waals surface area contributed by atoms with Gasteiger partial charge in [-0.3, -0.25) is 4.79 Å². The van der Waals surface area contributed by atoms with Gasteiger partial charge in [-0.2, -0.15) is 0 Å². The van der Waals surface area contributed by atoms with Gasteiger partial charge in [-0.1, -0.05) is 12.2 Å². The Balaban J connectivity index is 3.39. The van der Waals surface area contributed by atoms with E-state index in [-0.39, 0.29) is 0 Å². The topological polar surface area (TPSA) is 63.3 Å². The van der Waals surface area contributed by atoms with Crippen molar-refractivity contribution >= 4 is 5.97 Å². The number of aliphatic carboxylic acids is 1. The van der Waals surface area contributed by atoms with Crippen LogP contribution in [0.2, 0.25) is 0 Å². The predicted molar refractivity (Wildman–Crippen MR) is 39.7 cm³/mol. The zero-order valence-corrected chi connectivity index (χ0v) is 6.08. The molecule has 0 saturated carbocycles. The second-order valence-corrected chi connectivity index (χ2v) is 2.09. The Hall–Kier alpha value is -0.830. The number of carbonyl (C=O) groups is 1. The lowest BCUT2D eigenvalue weighted by Gasteiger charge is -2.01. The lowest BCUT2D eigenvalue weighted by molar-refractivity contribution is -0.138. The van der Waals surface area contributed by atoms with Crippen LogP contribution in [0.3, 0.4) is 0 Å². The van der Waals surface area contributed by atoms with Gasteiger partial charge in [0.25, 0.3) is 0 Å². The molecule has 0 aliphatic rings. The van der Waals surface area contributed by atoms with Crippen molar-refractivity contribution in [3.63, 3.8) is 0 Å². The number of hydrogen-bond acceptors (Lipinski definition) is 2. The normalized spacial score (nSPS) is 13.8. The van der Waals surface area contributed by atoms with Crippen LogP contribution in [-0.4, -0.2) is 17.1 Å². The smallest absolute Gasteiger partial charge is 0.320 e. The summed E-state index contributed by atoms with van der Waals surface area (Å²) < 4.78 is 0. The highest BCUT2D eigenvalue weighted by atomic mass is 16.4. The van der Waals surface area contributed by atoms with Crippen molar-refractivity contribution in [1.29, 1.82) is 0 Å². The summed E-state index contributed by atoms with van der Waals surface area (Å²) in [6.07, 6.45) is 5.04. The fourth-order valence-corrected chi connectivity index (χ4v) is 0.566. The molecule has 58 valence electrons. The van der Waals surface area contributed by atoms with Gasteiger partial charge in [0.15, 0.2) is 0 Å². The molecule has 0 fully saturated rings. The van der Waals surface area contributed by atoms with Crippen molar-refractivity contribution in [1.82, 2.24) is 0 Å². The second-order valence-electron chi connectivity index (χ2n) is 2.09. The average molecular weight is 143 g/mol. The molecule has 3 N–H and O–H groups in total. The maximum atomic E-state index is 10.1. The third kappa shape index (κ3) is 4.09. The first-order chi connectivity index (χ1) is 4.68. The maximum absolute atomic E-state index is 10.1. The molecule has 0 spiro atoms. The second kappa shape index (κ2) is 4.99. The van der Waals surface area contributed by atoms with E-state index in [1.807, 2.05) is 19.1 Å². The van der Waals surface area contributed by atoms with E-state index in [1.54, 1.807) is 0 Å². The number of hydrogen-bond donors (Lipinski definition) is 2. The Morgan fingerprint density at radius 1 is 1.80 bits per heavy atom. The molecule has 3 nitrogen and oxygen atoms in total. The van der Waals surface area contributed by atoms with Crippen molar-refractivity contribution < 1.29 is 9.90 Å². The van der Waals surface area contributed by atoms with Crippen LogP contribution in [0, 0.1) is 0 Å². The minimum Gasteiger partial charge on any atom is -0.480 e. The molecule has 0 rings (SSSR count). The van der Waals surface area contributed by atoms with E-state index in [9.17, 15) is 4.79 Å². The van der Waals surface area contributed by atoms with Crippen LogP contribution in [-0.2, 0) is 4.79 Å². The van der Waals surface area contributed by atoms with Gasteiger partial charge in [-0.15, -0.1) is 0 Å². The molecule has 0 aromatic rings. The SMILES string of the molecule is CC=CCCC(N)C(=O)O. The summed E-state index contributed by atoms with van der Waals surface area (Å²) in [4.78, 5) is 10.1. The van der Waals surface area contributed by atoms with Gasteiger partial charge >= 0.3 is 5.97 Å². The zero-order chi connectivity index (χ0) is 7.98. The van der Waals surface area contributed by atoms with Gasteiger partial charge < -0.3 is 10.8 Å². The summed E-state index contributed by atoms with van der Waals surface area (Å²) in [5, 5.41) is 8.33. The van der Waals surface area contributed by atoms with Gasteiger partial charge in [-0.05, 0) is 19.8 Å². The number of rotatable bonds is 4.